The van der Waals surface area contributed by atoms with Gasteiger partial charge in [0.25, 0.3) is 0 Å². The first-order valence-corrected chi connectivity index (χ1v) is 18.0. The van der Waals surface area contributed by atoms with Crippen molar-refractivity contribution in [3.05, 3.63) is 35.9 Å². The molecule has 0 bridgehead atoms. The van der Waals surface area contributed by atoms with Gasteiger partial charge in [-0.05, 0) is 69.8 Å². The maximum Gasteiger partial charge on any atom is 0.242 e. The van der Waals surface area contributed by atoms with Crippen molar-refractivity contribution in [3.63, 3.8) is 0 Å². The van der Waals surface area contributed by atoms with E-state index < -0.39 is 50.7 Å². The molecule has 1 aromatic carbocycles. The van der Waals surface area contributed by atoms with Crippen molar-refractivity contribution in [2.45, 2.75) is 134 Å². The molecule has 4 N–H and O–H groups in total. The Hall–Kier alpha value is -1.97. The van der Waals surface area contributed by atoms with Crippen LogP contribution in [0.3, 0.4) is 0 Å². The van der Waals surface area contributed by atoms with Gasteiger partial charge in [0, 0.05) is 0 Å². The molecule has 0 spiro atoms. The minimum atomic E-state index is -3.62. The Balaban J connectivity index is 1.80. The molecule has 43 heavy (non-hydrogen) atoms. The molecule has 2 fully saturated rings. The standard InChI is InChI=1S/C34H56N2O6S/c1-23(2)18-30(37)31(38)28(20-25-14-10-7-11-15-25)35-33(40)29(21-26-16-17-26)36-32(39)27(19-24-12-8-6-9-13-24)22-43(41,42)34(3,4)5/h6,8-9,12-13,23,25-31,37-38H,7,10-11,14-22H2,1-5H3,(H,35,40)(H,36,39)/t27?,28-,29-,30-,31+/m0/s1. The minimum Gasteiger partial charge on any atom is -0.390 e. The Morgan fingerprint density at radius 3 is 2.05 bits per heavy atom. The highest BCUT2D eigenvalue weighted by molar-refractivity contribution is 7.92. The second kappa shape index (κ2) is 15.8. The zero-order valence-electron chi connectivity index (χ0n) is 26.9. The van der Waals surface area contributed by atoms with Gasteiger partial charge in [-0.2, -0.15) is 0 Å². The number of amides is 2. The number of carbonyl (C=O) groups is 2. The maximum atomic E-state index is 13.8. The lowest BCUT2D eigenvalue weighted by molar-refractivity contribution is -0.132. The van der Waals surface area contributed by atoms with Gasteiger partial charge >= 0.3 is 0 Å². The molecule has 2 saturated carbocycles. The molecule has 2 amide bonds. The smallest absolute Gasteiger partial charge is 0.242 e. The van der Waals surface area contributed by atoms with Crippen LogP contribution < -0.4 is 10.6 Å². The molecule has 1 unspecified atom stereocenters. The van der Waals surface area contributed by atoms with Gasteiger partial charge < -0.3 is 20.8 Å². The molecule has 2 aliphatic carbocycles. The predicted octanol–water partition coefficient (Wildman–Crippen LogP) is 4.57. The molecule has 8 nitrogen and oxygen atoms in total. The van der Waals surface area contributed by atoms with Crippen LogP contribution in [0.1, 0.15) is 104 Å². The van der Waals surface area contributed by atoms with Crippen molar-refractivity contribution < 1.29 is 28.2 Å². The summed E-state index contributed by atoms with van der Waals surface area (Å²) in [6.45, 7) is 8.87. The average molecular weight is 621 g/mol. The molecule has 1 aromatic rings. The van der Waals surface area contributed by atoms with Crippen LogP contribution in [-0.4, -0.2) is 65.2 Å². The molecule has 0 aromatic heterocycles. The lowest BCUT2D eigenvalue weighted by Crippen LogP contribution is -2.56. The summed E-state index contributed by atoms with van der Waals surface area (Å²) in [5.41, 5.74) is 0.852. The molecule has 9 heteroatoms. The van der Waals surface area contributed by atoms with E-state index in [4.69, 9.17) is 0 Å². The first-order valence-electron chi connectivity index (χ1n) is 16.4. The Kier molecular flexibility index (Phi) is 13.1. The van der Waals surface area contributed by atoms with E-state index >= 15 is 0 Å². The van der Waals surface area contributed by atoms with E-state index in [-0.39, 0.29) is 24.0 Å². The summed E-state index contributed by atoms with van der Waals surface area (Å²) in [6, 6.07) is 7.85. The molecule has 0 radical (unpaired) electrons. The van der Waals surface area contributed by atoms with E-state index in [1.807, 2.05) is 44.2 Å². The highest BCUT2D eigenvalue weighted by atomic mass is 32.2. The van der Waals surface area contributed by atoms with Crippen molar-refractivity contribution in [2.75, 3.05) is 5.75 Å². The predicted molar refractivity (Wildman–Crippen MR) is 171 cm³/mol. The zero-order valence-corrected chi connectivity index (χ0v) is 27.7. The Morgan fingerprint density at radius 2 is 1.49 bits per heavy atom. The van der Waals surface area contributed by atoms with Crippen LogP contribution in [0.2, 0.25) is 0 Å². The van der Waals surface area contributed by atoms with E-state index in [0.29, 0.717) is 31.1 Å². The summed E-state index contributed by atoms with van der Waals surface area (Å²) in [5, 5.41) is 28.0. The summed E-state index contributed by atoms with van der Waals surface area (Å²) >= 11 is 0. The second-order valence-corrected chi connectivity index (χ2v) is 17.4. The van der Waals surface area contributed by atoms with Crippen molar-refractivity contribution in [3.8, 4) is 0 Å². The molecule has 244 valence electrons. The lowest BCUT2D eigenvalue weighted by Gasteiger charge is -2.34. The van der Waals surface area contributed by atoms with Gasteiger partial charge in [0.2, 0.25) is 11.8 Å². The Bertz CT molecular complexity index is 1120. The van der Waals surface area contributed by atoms with Crippen LogP contribution in [0.15, 0.2) is 30.3 Å². The highest BCUT2D eigenvalue weighted by Gasteiger charge is 2.38. The topological polar surface area (TPSA) is 133 Å². The van der Waals surface area contributed by atoms with Gasteiger partial charge in [0.15, 0.2) is 9.84 Å². The lowest BCUT2D eigenvalue weighted by atomic mass is 9.82. The van der Waals surface area contributed by atoms with Gasteiger partial charge in [-0.1, -0.05) is 89.1 Å². The normalized spacial score (nSPS) is 20.2. The number of hydrogen-bond donors (Lipinski definition) is 4. The molecule has 3 rings (SSSR count). The van der Waals surface area contributed by atoms with E-state index in [1.54, 1.807) is 20.8 Å². The first kappa shape index (κ1) is 35.5. The van der Waals surface area contributed by atoms with Gasteiger partial charge in [0.1, 0.15) is 12.1 Å². The van der Waals surface area contributed by atoms with Crippen molar-refractivity contribution in [2.24, 2.45) is 23.7 Å². The number of benzene rings is 1. The first-order chi connectivity index (χ1) is 20.2. The van der Waals surface area contributed by atoms with Gasteiger partial charge in [0.05, 0.1) is 28.6 Å². The third-order valence-electron chi connectivity index (χ3n) is 9.11. The molecular formula is C34H56N2O6S. The summed E-state index contributed by atoms with van der Waals surface area (Å²) in [7, 11) is -3.62. The quantitative estimate of drug-likeness (QED) is 0.214. The molecule has 0 heterocycles. The molecule has 0 aliphatic heterocycles. The Labute approximate surface area is 259 Å². The number of aliphatic hydroxyl groups is 2. The van der Waals surface area contributed by atoms with Crippen molar-refractivity contribution >= 4 is 21.7 Å². The summed E-state index contributed by atoms with van der Waals surface area (Å²) in [4.78, 5) is 27.6. The second-order valence-electron chi connectivity index (χ2n) is 14.6. The van der Waals surface area contributed by atoms with Crippen LogP contribution in [0, 0.1) is 23.7 Å². The largest absolute Gasteiger partial charge is 0.390 e. The fourth-order valence-electron chi connectivity index (χ4n) is 6.09. The highest BCUT2D eigenvalue weighted by Crippen LogP contribution is 2.34. The summed E-state index contributed by atoms with van der Waals surface area (Å²) in [6.07, 6.45) is 7.07. The van der Waals surface area contributed by atoms with Crippen LogP contribution in [-0.2, 0) is 25.8 Å². The molecule has 2 aliphatic rings. The van der Waals surface area contributed by atoms with E-state index in [0.717, 1.165) is 44.1 Å². The van der Waals surface area contributed by atoms with Crippen LogP contribution >= 0.6 is 0 Å². The van der Waals surface area contributed by atoms with Crippen LogP contribution in [0.5, 0.6) is 0 Å². The third-order valence-corrected chi connectivity index (χ3v) is 11.8. The fraction of sp³-hybridized carbons (Fsp3) is 0.765. The molecule has 0 saturated heterocycles. The average Bonchev–Trinajstić information content (AvgIpc) is 3.75. The van der Waals surface area contributed by atoms with Crippen molar-refractivity contribution in [1.29, 1.82) is 0 Å². The number of nitrogens with one attached hydrogen (secondary N) is 2. The third kappa shape index (κ3) is 11.5. The summed E-state index contributed by atoms with van der Waals surface area (Å²) < 4.78 is 25.4. The SMILES string of the molecule is CC(C)C[C@H](O)[C@H](O)[C@H](CC1CCCCC1)NC(=O)[C@H](CC1CC1)NC(=O)C(Cc1ccccc1)CS(=O)(=O)C(C)(C)C. The fourth-order valence-corrected chi connectivity index (χ4v) is 7.39. The van der Waals surface area contributed by atoms with E-state index in [2.05, 4.69) is 10.6 Å². The Morgan fingerprint density at radius 1 is 0.884 bits per heavy atom. The minimum absolute atomic E-state index is 0.184. The monoisotopic (exact) mass is 620 g/mol. The number of aliphatic hydroxyl groups excluding tert-OH is 2. The number of carbonyl (C=O) groups excluding carboxylic acids is 2. The summed E-state index contributed by atoms with van der Waals surface area (Å²) in [5.74, 6) is -1.17. The number of sulfone groups is 1. The van der Waals surface area contributed by atoms with Crippen LogP contribution in [0.25, 0.3) is 0 Å². The number of rotatable bonds is 16. The van der Waals surface area contributed by atoms with Crippen LogP contribution in [0.4, 0.5) is 0 Å². The van der Waals surface area contributed by atoms with Gasteiger partial charge in [-0.3, -0.25) is 9.59 Å². The molecule has 5 atom stereocenters. The molecular weight excluding hydrogens is 564 g/mol. The van der Waals surface area contributed by atoms with E-state index in [1.165, 1.54) is 6.42 Å². The zero-order chi connectivity index (χ0) is 31.8. The van der Waals surface area contributed by atoms with Gasteiger partial charge in [-0.25, -0.2) is 8.42 Å². The van der Waals surface area contributed by atoms with E-state index in [9.17, 15) is 28.2 Å². The van der Waals surface area contributed by atoms with Crippen molar-refractivity contribution in [1.82, 2.24) is 10.6 Å². The number of hydrogen-bond acceptors (Lipinski definition) is 6. The van der Waals surface area contributed by atoms with Gasteiger partial charge in [-0.15, -0.1) is 0 Å². The maximum absolute atomic E-state index is 13.8.